The molecule has 2 aromatic carbocycles. The third kappa shape index (κ3) is 3.28. The molecular formula is C23H18N4OS. The molecule has 0 aliphatic carbocycles. The Morgan fingerprint density at radius 2 is 2.03 bits per heavy atom. The van der Waals surface area contributed by atoms with Gasteiger partial charge in [0.2, 0.25) is 0 Å². The van der Waals surface area contributed by atoms with Crippen molar-refractivity contribution < 1.29 is 4.79 Å². The molecule has 0 fully saturated rings. The number of H-pyrrole nitrogens is 1. The molecule has 1 amide bonds. The second-order valence-corrected chi connectivity index (χ2v) is 7.98. The highest BCUT2D eigenvalue weighted by Crippen LogP contribution is 2.32. The molecule has 0 aliphatic rings. The van der Waals surface area contributed by atoms with Crippen molar-refractivity contribution in [1.82, 2.24) is 15.0 Å². The second kappa shape index (κ2) is 7.14. The summed E-state index contributed by atoms with van der Waals surface area (Å²) in [7, 11) is 0. The van der Waals surface area contributed by atoms with Crippen molar-refractivity contribution in [2.75, 3.05) is 4.90 Å². The van der Waals surface area contributed by atoms with E-state index in [1.54, 1.807) is 23.5 Å². The predicted molar refractivity (Wildman–Crippen MR) is 117 cm³/mol. The lowest BCUT2D eigenvalue weighted by molar-refractivity contribution is 0.0986. The van der Waals surface area contributed by atoms with Crippen LogP contribution in [0.15, 0.2) is 73.2 Å². The highest BCUT2D eigenvalue weighted by Gasteiger charge is 2.24. The zero-order chi connectivity index (χ0) is 19.8. The number of benzene rings is 2. The van der Waals surface area contributed by atoms with E-state index in [1.165, 1.54) is 16.9 Å². The molecule has 3 heterocycles. The zero-order valence-electron chi connectivity index (χ0n) is 15.8. The fourth-order valence-corrected chi connectivity index (χ4v) is 4.49. The van der Waals surface area contributed by atoms with Crippen LogP contribution in [0.4, 0.5) is 5.13 Å². The molecule has 142 valence electrons. The van der Waals surface area contributed by atoms with Crippen molar-refractivity contribution in [2.24, 2.45) is 0 Å². The molecule has 6 heteroatoms. The maximum Gasteiger partial charge on any atom is 0.262 e. The lowest BCUT2D eigenvalue weighted by atomic mass is 10.1. The topological polar surface area (TPSA) is 61.9 Å². The summed E-state index contributed by atoms with van der Waals surface area (Å²) >= 11 is 1.53. The number of aryl methyl sites for hydroxylation is 1. The van der Waals surface area contributed by atoms with Gasteiger partial charge >= 0.3 is 0 Å². The molecule has 5 aromatic rings. The Morgan fingerprint density at radius 3 is 2.90 bits per heavy atom. The number of carbonyl (C=O) groups is 1. The predicted octanol–water partition coefficient (Wildman–Crippen LogP) is 5.33. The average molecular weight is 398 g/mol. The van der Waals surface area contributed by atoms with Crippen LogP contribution in [0, 0.1) is 6.92 Å². The number of carbonyl (C=O) groups excluding carboxylic acids is 1. The van der Waals surface area contributed by atoms with Gasteiger partial charge in [0.25, 0.3) is 5.91 Å². The van der Waals surface area contributed by atoms with E-state index in [2.05, 4.69) is 23.0 Å². The number of fused-ring (bicyclic) bond motifs is 2. The van der Waals surface area contributed by atoms with Gasteiger partial charge in [-0.05, 0) is 42.3 Å². The molecule has 3 aromatic heterocycles. The van der Waals surface area contributed by atoms with Crippen LogP contribution in [0.3, 0.4) is 0 Å². The fourth-order valence-electron chi connectivity index (χ4n) is 3.43. The van der Waals surface area contributed by atoms with Crippen LogP contribution < -0.4 is 4.90 Å². The fraction of sp³-hybridized carbons (Fsp3) is 0.0870. The van der Waals surface area contributed by atoms with E-state index in [1.807, 2.05) is 48.5 Å². The van der Waals surface area contributed by atoms with Crippen molar-refractivity contribution in [3.8, 4) is 0 Å². The van der Waals surface area contributed by atoms with E-state index in [4.69, 9.17) is 4.98 Å². The molecule has 0 radical (unpaired) electrons. The summed E-state index contributed by atoms with van der Waals surface area (Å²) in [6.45, 7) is 2.47. The number of aromatic amines is 1. The number of para-hydroxylation sites is 1. The number of nitrogens with one attached hydrogen (secondary N) is 1. The Balaban J connectivity index is 1.61. The van der Waals surface area contributed by atoms with Gasteiger partial charge < -0.3 is 4.98 Å². The number of hydrogen-bond donors (Lipinski definition) is 1. The first-order chi connectivity index (χ1) is 14.2. The Labute approximate surface area is 171 Å². The zero-order valence-corrected chi connectivity index (χ0v) is 16.6. The van der Waals surface area contributed by atoms with E-state index in [9.17, 15) is 4.79 Å². The maximum atomic E-state index is 13.6. The van der Waals surface area contributed by atoms with Crippen LogP contribution in [0.25, 0.3) is 21.1 Å². The van der Waals surface area contributed by atoms with Gasteiger partial charge in [-0.25, -0.2) is 4.98 Å². The minimum atomic E-state index is -0.0814. The van der Waals surface area contributed by atoms with Gasteiger partial charge in [-0.1, -0.05) is 41.7 Å². The van der Waals surface area contributed by atoms with Gasteiger partial charge in [0.05, 0.1) is 22.3 Å². The molecule has 0 atom stereocenters. The van der Waals surface area contributed by atoms with Gasteiger partial charge in [0.1, 0.15) is 0 Å². The van der Waals surface area contributed by atoms with Crippen molar-refractivity contribution >= 4 is 43.5 Å². The Hall–Kier alpha value is -3.51. The lowest BCUT2D eigenvalue weighted by Gasteiger charge is -2.19. The molecule has 0 bridgehead atoms. The van der Waals surface area contributed by atoms with Gasteiger partial charge in [-0.2, -0.15) is 0 Å². The minimum absolute atomic E-state index is 0.0814. The van der Waals surface area contributed by atoms with Crippen LogP contribution in [-0.2, 0) is 6.54 Å². The Kier molecular flexibility index (Phi) is 4.33. The Bertz CT molecular complexity index is 1320. The van der Waals surface area contributed by atoms with Crippen molar-refractivity contribution in [2.45, 2.75) is 13.5 Å². The van der Waals surface area contributed by atoms with E-state index >= 15 is 0 Å². The van der Waals surface area contributed by atoms with E-state index < -0.39 is 0 Å². The van der Waals surface area contributed by atoms with Crippen LogP contribution in [0.2, 0.25) is 0 Å². The van der Waals surface area contributed by atoms with E-state index in [-0.39, 0.29) is 5.91 Å². The van der Waals surface area contributed by atoms with Gasteiger partial charge in [-0.3, -0.25) is 14.7 Å². The maximum absolute atomic E-state index is 13.6. The van der Waals surface area contributed by atoms with E-state index in [0.29, 0.717) is 17.2 Å². The van der Waals surface area contributed by atoms with E-state index in [0.717, 1.165) is 26.7 Å². The van der Waals surface area contributed by atoms with Crippen molar-refractivity contribution in [1.29, 1.82) is 0 Å². The standard InChI is InChI=1S/C23H18N4OS/c1-15-8-9-20-21(11-15)29-23(26-20)27(14-16-5-4-10-24-12-16)22(28)18-13-25-19-7-3-2-6-17(18)19/h2-13,25H,14H2,1H3. The molecule has 0 spiro atoms. The van der Waals surface area contributed by atoms with Crippen LogP contribution >= 0.6 is 11.3 Å². The summed E-state index contributed by atoms with van der Waals surface area (Å²) in [4.78, 5) is 27.5. The summed E-state index contributed by atoms with van der Waals surface area (Å²) in [6.07, 6.45) is 5.30. The highest BCUT2D eigenvalue weighted by molar-refractivity contribution is 7.22. The summed E-state index contributed by atoms with van der Waals surface area (Å²) in [6, 6.07) is 17.8. The molecule has 5 rings (SSSR count). The number of hydrogen-bond acceptors (Lipinski definition) is 4. The molecule has 1 N–H and O–H groups in total. The first-order valence-corrected chi connectivity index (χ1v) is 10.1. The first kappa shape index (κ1) is 17.6. The Morgan fingerprint density at radius 1 is 1.14 bits per heavy atom. The van der Waals surface area contributed by atoms with Crippen molar-refractivity contribution in [3.63, 3.8) is 0 Å². The number of nitrogens with zero attached hydrogens (tertiary/aromatic N) is 3. The molecule has 0 saturated heterocycles. The molecular weight excluding hydrogens is 380 g/mol. The van der Waals surface area contributed by atoms with Gasteiger partial charge in [0.15, 0.2) is 5.13 Å². The lowest BCUT2D eigenvalue weighted by Crippen LogP contribution is -2.30. The summed E-state index contributed by atoms with van der Waals surface area (Å²) < 4.78 is 1.07. The molecule has 5 nitrogen and oxygen atoms in total. The minimum Gasteiger partial charge on any atom is -0.360 e. The monoisotopic (exact) mass is 398 g/mol. The van der Waals surface area contributed by atoms with Crippen LogP contribution in [0.1, 0.15) is 21.5 Å². The first-order valence-electron chi connectivity index (χ1n) is 9.33. The number of aromatic nitrogens is 3. The number of anilines is 1. The normalized spacial score (nSPS) is 11.2. The van der Waals surface area contributed by atoms with Crippen LogP contribution in [0.5, 0.6) is 0 Å². The third-order valence-electron chi connectivity index (χ3n) is 4.89. The average Bonchev–Trinajstić information content (AvgIpc) is 3.36. The second-order valence-electron chi connectivity index (χ2n) is 6.97. The third-order valence-corrected chi connectivity index (χ3v) is 5.93. The summed E-state index contributed by atoms with van der Waals surface area (Å²) in [5, 5.41) is 1.59. The SMILES string of the molecule is Cc1ccc2nc(N(Cc3cccnc3)C(=O)c3c[nH]c4ccccc34)sc2c1. The molecule has 0 unspecified atom stereocenters. The smallest absolute Gasteiger partial charge is 0.262 e. The number of thiazole rings is 1. The summed E-state index contributed by atoms with van der Waals surface area (Å²) in [5.74, 6) is -0.0814. The quantitative estimate of drug-likeness (QED) is 0.445. The number of pyridine rings is 1. The molecule has 0 saturated carbocycles. The van der Waals surface area contributed by atoms with Gasteiger partial charge in [-0.15, -0.1) is 0 Å². The highest BCUT2D eigenvalue weighted by atomic mass is 32.1. The van der Waals surface area contributed by atoms with Gasteiger partial charge in [0, 0.05) is 29.5 Å². The number of rotatable bonds is 4. The number of amides is 1. The molecule has 29 heavy (non-hydrogen) atoms. The molecule has 0 aliphatic heterocycles. The van der Waals surface area contributed by atoms with Crippen molar-refractivity contribution in [3.05, 3.63) is 89.9 Å². The largest absolute Gasteiger partial charge is 0.360 e. The summed E-state index contributed by atoms with van der Waals surface area (Å²) in [5.41, 5.74) is 4.61. The van der Waals surface area contributed by atoms with Crippen LogP contribution in [-0.4, -0.2) is 20.9 Å².